The van der Waals surface area contributed by atoms with Crippen LogP contribution in [-0.2, 0) is 49.8 Å². The number of non-ortho nitro benzene ring substituents is 1. The molecule has 6 bridgehead atoms. The highest BCUT2D eigenvalue weighted by Crippen LogP contribution is 2.41. The Morgan fingerprint density at radius 3 is 2.56 bits per heavy atom. The molecule has 0 spiro atoms. The van der Waals surface area contributed by atoms with Crippen LogP contribution in [0.15, 0.2) is 60.7 Å². The summed E-state index contributed by atoms with van der Waals surface area (Å²) in [7, 11) is 1.68. The zero-order valence-electron chi connectivity index (χ0n) is 32.7. The van der Waals surface area contributed by atoms with Gasteiger partial charge in [-0.1, -0.05) is 50.2 Å². The number of nitrogens with zero attached hydrogens (tertiary/aromatic N) is 3. The fraction of sp³-hybridized carbons (Fsp3) is 0.452. The third-order valence-electron chi connectivity index (χ3n) is 10.0. The van der Waals surface area contributed by atoms with Crippen LogP contribution in [0.4, 0.5) is 10.5 Å². The average Bonchev–Trinajstić information content (AvgIpc) is 3.43. The van der Waals surface area contributed by atoms with Gasteiger partial charge in [0, 0.05) is 60.6 Å². The number of hydrogen-bond acceptors (Lipinski definition) is 9. The Bertz CT molecular complexity index is 2120. The summed E-state index contributed by atoms with van der Waals surface area (Å²) in [5, 5.41) is 17.4. The summed E-state index contributed by atoms with van der Waals surface area (Å²) in [5.74, 6) is -0.985. The average molecular weight is 754 g/mol. The minimum atomic E-state index is -1.17. The van der Waals surface area contributed by atoms with Crippen LogP contribution in [0, 0.1) is 15.5 Å². The number of hydrogen-bond donors (Lipinski definition) is 2. The number of carbonyl (C=O) groups excluding carboxylic acids is 3. The van der Waals surface area contributed by atoms with Crippen molar-refractivity contribution in [2.45, 2.75) is 98.1 Å². The van der Waals surface area contributed by atoms with Gasteiger partial charge in [0.1, 0.15) is 17.7 Å². The molecular formula is C42H51N5O8. The highest BCUT2D eigenvalue weighted by atomic mass is 16.6. The number of esters is 1. The van der Waals surface area contributed by atoms with Crippen molar-refractivity contribution < 1.29 is 33.5 Å². The number of benzene rings is 3. The van der Waals surface area contributed by atoms with Crippen molar-refractivity contribution in [3.05, 3.63) is 87.5 Å². The second kappa shape index (κ2) is 15.8. The normalized spacial score (nSPS) is 19.1. The predicted molar refractivity (Wildman–Crippen MR) is 209 cm³/mol. The zero-order chi connectivity index (χ0) is 39.7. The van der Waals surface area contributed by atoms with Crippen molar-refractivity contribution in [3.63, 3.8) is 0 Å². The summed E-state index contributed by atoms with van der Waals surface area (Å²) in [6.45, 7) is 12.9. The maximum atomic E-state index is 14.2. The number of amides is 2. The van der Waals surface area contributed by atoms with Crippen LogP contribution in [-0.4, -0.2) is 70.4 Å². The molecule has 1 fully saturated rings. The van der Waals surface area contributed by atoms with Crippen molar-refractivity contribution in [2.75, 3.05) is 20.3 Å². The third kappa shape index (κ3) is 8.84. The number of hydrazine groups is 1. The molecule has 292 valence electrons. The topological polar surface area (TPSA) is 154 Å². The van der Waals surface area contributed by atoms with Gasteiger partial charge in [-0.25, -0.2) is 10.2 Å². The van der Waals surface area contributed by atoms with E-state index in [1.807, 2.05) is 30.3 Å². The van der Waals surface area contributed by atoms with Crippen LogP contribution in [0.5, 0.6) is 0 Å². The van der Waals surface area contributed by atoms with Crippen LogP contribution in [0.2, 0.25) is 0 Å². The fourth-order valence-corrected chi connectivity index (χ4v) is 7.60. The fourth-order valence-electron chi connectivity index (χ4n) is 7.60. The molecule has 4 aromatic rings. The van der Waals surface area contributed by atoms with E-state index in [0.717, 1.165) is 38.9 Å². The molecule has 0 saturated carbocycles. The smallest absolute Gasteiger partial charge is 0.408 e. The Kier molecular flexibility index (Phi) is 11.4. The lowest BCUT2D eigenvalue weighted by Gasteiger charge is -2.35. The van der Waals surface area contributed by atoms with Crippen LogP contribution in [0.25, 0.3) is 33.3 Å². The van der Waals surface area contributed by atoms with Crippen molar-refractivity contribution in [1.82, 2.24) is 20.3 Å². The molecule has 3 aromatic carbocycles. The third-order valence-corrected chi connectivity index (χ3v) is 10.0. The Morgan fingerprint density at radius 2 is 1.85 bits per heavy atom. The van der Waals surface area contributed by atoms with Gasteiger partial charge in [-0.15, -0.1) is 0 Å². The van der Waals surface area contributed by atoms with Gasteiger partial charge in [-0.3, -0.25) is 24.7 Å². The molecule has 6 rings (SSSR count). The van der Waals surface area contributed by atoms with E-state index in [-0.39, 0.29) is 25.3 Å². The molecular weight excluding hydrogens is 702 g/mol. The number of fused-ring (bicyclic) bond motifs is 6. The molecule has 0 radical (unpaired) electrons. The van der Waals surface area contributed by atoms with E-state index in [1.165, 1.54) is 17.1 Å². The summed E-state index contributed by atoms with van der Waals surface area (Å²) >= 11 is 0. The van der Waals surface area contributed by atoms with E-state index in [4.69, 9.17) is 14.2 Å². The molecule has 1 aromatic heterocycles. The van der Waals surface area contributed by atoms with Gasteiger partial charge in [0.2, 0.25) is 0 Å². The Balaban J connectivity index is 1.56. The Morgan fingerprint density at radius 1 is 1.09 bits per heavy atom. The molecule has 13 heteroatoms. The molecule has 2 amide bonds. The SMILES string of the molecule is CCn1c(-c2ccccc2COC)c2c3cc(ccc31)-c1cc(cc([N+](=O)[O-])c1)C[C@H](NC(=O)OC(C)(C)C)C(=O)N1CCC[C@H](N1)C(=O)OCC(C)(C)C2. The second-order valence-electron chi connectivity index (χ2n) is 16.2. The first-order valence-corrected chi connectivity index (χ1v) is 18.8. The molecule has 13 nitrogen and oxygen atoms in total. The number of methoxy groups -OCH3 is 1. The minimum absolute atomic E-state index is 0.0750. The Labute approximate surface area is 321 Å². The van der Waals surface area contributed by atoms with E-state index in [1.54, 1.807) is 27.9 Å². The van der Waals surface area contributed by atoms with Crippen molar-refractivity contribution in [1.29, 1.82) is 0 Å². The van der Waals surface area contributed by atoms with Gasteiger partial charge in [0.25, 0.3) is 11.6 Å². The first kappa shape index (κ1) is 39.4. The molecule has 2 aliphatic rings. The lowest BCUT2D eigenvalue weighted by atomic mass is 9.84. The van der Waals surface area contributed by atoms with E-state index in [2.05, 4.69) is 54.3 Å². The number of nitrogens with one attached hydrogen (secondary N) is 2. The molecule has 0 aliphatic carbocycles. The summed E-state index contributed by atoms with van der Waals surface area (Å²) in [4.78, 5) is 52.8. The Hall–Kier alpha value is -5.27. The largest absolute Gasteiger partial charge is 0.464 e. The van der Waals surface area contributed by atoms with Crippen molar-refractivity contribution in [2.24, 2.45) is 5.41 Å². The van der Waals surface area contributed by atoms with E-state index >= 15 is 0 Å². The number of nitro benzene ring substituents is 1. The number of nitro groups is 1. The van der Waals surface area contributed by atoms with Gasteiger partial charge < -0.3 is 24.1 Å². The molecule has 2 N–H and O–H groups in total. The summed E-state index contributed by atoms with van der Waals surface area (Å²) in [6.07, 6.45) is 0.632. The number of carbonyl (C=O) groups is 3. The second-order valence-corrected chi connectivity index (χ2v) is 16.2. The molecule has 0 unspecified atom stereocenters. The maximum Gasteiger partial charge on any atom is 0.408 e. The summed E-state index contributed by atoms with van der Waals surface area (Å²) in [5.41, 5.74) is 8.50. The molecule has 1 saturated heterocycles. The number of cyclic esters (lactones) is 1. The first-order valence-electron chi connectivity index (χ1n) is 18.8. The van der Waals surface area contributed by atoms with Crippen LogP contribution in [0.3, 0.4) is 0 Å². The van der Waals surface area contributed by atoms with E-state index in [0.29, 0.717) is 43.5 Å². The molecule has 2 aliphatic heterocycles. The van der Waals surface area contributed by atoms with Crippen LogP contribution in [0.1, 0.15) is 71.1 Å². The van der Waals surface area contributed by atoms with Gasteiger partial charge in [0.05, 0.1) is 23.8 Å². The number of aromatic nitrogens is 1. The highest BCUT2D eigenvalue weighted by molar-refractivity contribution is 5.95. The number of alkyl carbamates (subject to hydrolysis) is 1. The van der Waals surface area contributed by atoms with E-state index < -0.39 is 46.0 Å². The van der Waals surface area contributed by atoms with E-state index in [9.17, 15) is 24.5 Å². The van der Waals surface area contributed by atoms with Crippen molar-refractivity contribution >= 4 is 34.6 Å². The minimum Gasteiger partial charge on any atom is -0.464 e. The number of aryl methyl sites for hydroxylation is 1. The predicted octanol–water partition coefficient (Wildman–Crippen LogP) is 7.11. The van der Waals surface area contributed by atoms with Crippen molar-refractivity contribution in [3.8, 4) is 22.4 Å². The molecule has 55 heavy (non-hydrogen) atoms. The monoisotopic (exact) mass is 753 g/mol. The van der Waals surface area contributed by atoms with Gasteiger partial charge in [-0.05, 0) is 86.9 Å². The maximum absolute atomic E-state index is 14.2. The van der Waals surface area contributed by atoms with Gasteiger partial charge in [-0.2, -0.15) is 0 Å². The molecule has 2 atom stereocenters. The standard InChI is InChI=1S/C42H51N5O8/c1-8-45-36-16-15-27-22-32(36)33(37(45)31-13-10-9-12-28(31)24-53-7)23-42(5,6)25-54-39(49)34-14-11-17-46(44-34)38(48)35(43-40(50)55-41(2,3)4)20-26-18-29(27)21-30(19-26)47(51)52/h9-10,12-13,15-16,18-19,21-22,34-35,44H,8,11,14,17,20,23-25H2,1-7H3,(H,43,50)/t34-,35-/m0/s1. The summed E-state index contributed by atoms with van der Waals surface area (Å²) in [6, 6.07) is 17.0. The van der Waals surface area contributed by atoms with Crippen LogP contribution < -0.4 is 10.7 Å². The lowest BCUT2D eigenvalue weighted by Crippen LogP contribution is -2.60. The lowest BCUT2D eigenvalue weighted by molar-refractivity contribution is -0.384. The summed E-state index contributed by atoms with van der Waals surface area (Å²) < 4.78 is 19.4. The molecule has 3 heterocycles. The first-order chi connectivity index (χ1) is 26.1. The quantitative estimate of drug-likeness (QED) is 0.119. The van der Waals surface area contributed by atoms with Gasteiger partial charge in [0.15, 0.2) is 0 Å². The number of ether oxygens (including phenoxy) is 3. The van der Waals surface area contributed by atoms with Crippen LogP contribution >= 0.6 is 0 Å². The highest BCUT2D eigenvalue weighted by Gasteiger charge is 2.36. The zero-order valence-corrected chi connectivity index (χ0v) is 32.7. The van der Waals surface area contributed by atoms with Gasteiger partial charge >= 0.3 is 12.1 Å². The number of rotatable bonds is 6.